The summed E-state index contributed by atoms with van der Waals surface area (Å²) in [7, 11) is 3.17. The van der Waals surface area contributed by atoms with Crippen LogP contribution in [0.2, 0.25) is 0 Å². The van der Waals surface area contributed by atoms with E-state index in [9.17, 15) is 14.4 Å². The summed E-state index contributed by atoms with van der Waals surface area (Å²) in [6.07, 6.45) is 0.604. The zero-order valence-corrected chi connectivity index (χ0v) is 21.1. The molecule has 1 N–H and O–H groups in total. The number of carbonyl (C=O) groups excluding carboxylic acids is 3. The van der Waals surface area contributed by atoms with Crippen LogP contribution in [0.4, 0.5) is 4.79 Å². The number of hydrogen-bond donors (Lipinski definition) is 1. The number of amides is 4. The van der Waals surface area contributed by atoms with Crippen LogP contribution >= 0.6 is 0 Å². The summed E-state index contributed by atoms with van der Waals surface area (Å²) in [5, 5.41) is 2.78. The van der Waals surface area contributed by atoms with E-state index in [2.05, 4.69) is 5.32 Å². The van der Waals surface area contributed by atoms with Gasteiger partial charge in [0.2, 0.25) is 5.91 Å². The van der Waals surface area contributed by atoms with Gasteiger partial charge in [-0.3, -0.25) is 14.5 Å². The summed E-state index contributed by atoms with van der Waals surface area (Å²) in [4.78, 5) is 42.8. The number of fused-ring (bicyclic) bond motifs is 1. The lowest BCUT2D eigenvalue weighted by molar-refractivity contribution is -0.140. The van der Waals surface area contributed by atoms with Crippen LogP contribution in [0.3, 0.4) is 0 Å². The van der Waals surface area contributed by atoms with Crippen molar-refractivity contribution >= 4 is 17.8 Å². The molecule has 5 rings (SSSR count). The van der Waals surface area contributed by atoms with Gasteiger partial charge in [0.05, 0.1) is 20.3 Å². The van der Waals surface area contributed by atoms with Gasteiger partial charge in [0.15, 0.2) is 11.5 Å². The highest BCUT2D eigenvalue weighted by molar-refractivity contribution is 6.09. The van der Waals surface area contributed by atoms with E-state index in [4.69, 9.17) is 9.47 Å². The highest BCUT2D eigenvalue weighted by atomic mass is 16.5. The van der Waals surface area contributed by atoms with Crippen molar-refractivity contribution in [3.8, 4) is 11.5 Å². The Kier molecular flexibility index (Phi) is 6.33. The molecular weight excluding hydrogens is 470 g/mol. The van der Waals surface area contributed by atoms with Crippen molar-refractivity contribution in [3.05, 3.63) is 95.1 Å². The zero-order chi connectivity index (χ0) is 26.2. The third-order valence-corrected chi connectivity index (χ3v) is 7.23. The smallest absolute Gasteiger partial charge is 0.325 e. The van der Waals surface area contributed by atoms with Gasteiger partial charge in [-0.1, -0.05) is 60.7 Å². The van der Waals surface area contributed by atoms with Gasteiger partial charge >= 0.3 is 6.03 Å². The van der Waals surface area contributed by atoms with Crippen LogP contribution in [-0.2, 0) is 21.5 Å². The molecule has 3 aromatic carbocycles. The van der Waals surface area contributed by atoms with Crippen molar-refractivity contribution in [2.45, 2.75) is 24.9 Å². The first kappa shape index (κ1) is 24.4. The van der Waals surface area contributed by atoms with Crippen LogP contribution in [0.1, 0.15) is 35.2 Å². The standard InChI is InChI=1S/C29H29N3O5/c1-29(21-12-8-5-9-13-21)27(34)32(28(35)30-29)18-25(33)31-15-14-20-16-23(36-2)24(37-3)17-22(20)26(31)19-10-6-4-7-11-19/h4-13,16-17,26H,14-15,18H2,1-3H3,(H,30,35). The predicted octanol–water partition coefficient (Wildman–Crippen LogP) is 3.65. The minimum atomic E-state index is -1.23. The van der Waals surface area contributed by atoms with E-state index in [1.165, 1.54) is 0 Å². The largest absolute Gasteiger partial charge is 0.493 e. The van der Waals surface area contributed by atoms with E-state index in [0.29, 0.717) is 30.0 Å². The van der Waals surface area contributed by atoms with E-state index >= 15 is 0 Å². The number of nitrogens with one attached hydrogen (secondary N) is 1. The van der Waals surface area contributed by atoms with E-state index in [1.54, 1.807) is 38.2 Å². The van der Waals surface area contributed by atoms with Crippen molar-refractivity contribution in [1.29, 1.82) is 0 Å². The second-order valence-electron chi connectivity index (χ2n) is 9.37. The maximum atomic E-state index is 13.8. The molecule has 2 aliphatic heterocycles. The maximum absolute atomic E-state index is 13.8. The van der Waals surface area contributed by atoms with Crippen LogP contribution in [0.5, 0.6) is 11.5 Å². The number of urea groups is 1. The number of rotatable bonds is 6. The van der Waals surface area contributed by atoms with Crippen LogP contribution in [0.25, 0.3) is 0 Å². The number of imide groups is 1. The first-order valence-electron chi connectivity index (χ1n) is 12.2. The predicted molar refractivity (Wildman–Crippen MR) is 137 cm³/mol. The van der Waals surface area contributed by atoms with Gasteiger partial charge in [-0.05, 0) is 47.7 Å². The first-order valence-corrected chi connectivity index (χ1v) is 12.2. The molecule has 37 heavy (non-hydrogen) atoms. The SMILES string of the molecule is COc1cc2c(cc1OC)C(c1ccccc1)N(C(=O)CN1C(=O)NC(C)(c3ccccc3)C1=O)CC2. The summed E-state index contributed by atoms with van der Waals surface area (Å²) < 4.78 is 11.0. The highest BCUT2D eigenvalue weighted by Gasteiger charge is 2.50. The number of benzene rings is 3. The highest BCUT2D eigenvalue weighted by Crippen LogP contribution is 2.41. The number of hydrogen-bond acceptors (Lipinski definition) is 5. The van der Waals surface area contributed by atoms with Gasteiger partial charge in [0.25, 0.3) is 5.91 Å². The minimum Gasteiger partial charge on any atom is -0.493 e. The second-order valence-corrected chi connectivity index (χ2v) is 9.37. The van der Waals surface area contributed by atoms with Crippen LogP contribution in [-0.4, -0.2) is 55.0 Å². The molecule has 0 aliphatic carbocycles. The third kappa shape index (κ3) is 4.18. The quantitative estimate of drug-likeness (QED) is 0.523. The lowest BCUT2D eigenvalue weighted by Crippen LogP contribution is -2.47. The summed E-state index contributed by atoms with van der Waals surface area (Å²) in [5.41, 5.74) is 2.35. The fourth-order valence-corrected chi connectivity index (χ4v) is 5.24. The van der Waals surface area contributed by atoms with Gasteiger partial charge in [0.1, 0.15) is 12.1 Å². The molecule has 1 fully saturated rings. The first-order chi connectivity index (χ1) is 17.9. The van der Waals surface area contributed by atoms with Crippen LogP contribution in [0.15, 0.2) is 72.8 Å². The van der Waals surface area contributed by atoms with Gasteiger partial charge in [0, 0.05) is 6.54 Å². The molecule has 0 bridgehead atoms. The molecule has 2 atom stereocenters. The molecule has 4 amide bonds. The van der Waals surface area contributed by atoms with Gasteiger partial charge < -0.3 is 19.7 Å². The number of nitrogens with zero attached hydrogens (tertiary/aromatic N) is 2. The van der Waals surface area contributed by atoms with Gasteiger partial charge in [-0.2, -0.15) is 0 Å². The summed E-state index contributed by atoms with van der Waals surface area (Å²) in [6, 6.07) is 21.6. The number of ether oxygens (including phenoxy) is 2. The van der Waals surface area contributed by atoms with Crippen molar-refractivity contribution < 1.29 is 23.9 Å². The Morgan fingerprint density at radius 3 is 2.24 bits per heavy atom. The average Bonchev–Trinajstić information content (AvgIpc) is 3.16. The van der Waals surface area contributed by atoms with E-state index in [-0.39, 0.29) is 12.5 Å². The number of carbonyl (C=O) groups is 3. The average molecular weight is 500 g/mol. The molecule has 3 aromatic rings. The Morgan fingerprint density at radius 2 is 1.59 bits per heavy atom. The van der Waals surface area contributed by atoms with Crippen molar-refractivity contribution in [1.82, 2.24) is 15.1 Å². The Morgan fingerprint density at radius 1 is 0.973 bits per heavy atom. The maximum Gasteiger partial charge on any atom is 0.325 e. The molecule has 2 heterocycles. The lowest BCUT2D eigenvalue weighted by Gasteiger charge is -2.38. The molecule has 2 unspecified atom stereocenters. The van der Waals surface area contributed by atoms with Crippen molar-refractivity contribution in [3.63, 3.8) is 0 Å². The lowest BCUT2D eigenvalue weighted by atomic mass is 9.87. The molecule has 0 aromatic heterocycles. The molecule has 0 radical (unpaired) electrons. The number of methoxy groups -OCH3 is 2. The molecule has 8 nitrogen and oxygen atoms in total. The van der Waals surface area contributed by atoms with Crippen LogP contribution in [0, 0.1) is 0 Å². The summed E-state index contributed by atoms with van der Waals surface area (Å²) >= 11 is 0. The zero-order valence-electron chi connectivity index (χ0n) is 21.1. The molecule has 2 aliphatic rings. The van der Waals surface area contributed by atoms with Gasteiger partial charge in [-0.25, -0.2) is 4.79 Å². The fourth-order valence-electron chi connectivity index (χ4n) is 5.24. The van der Waals surface area contributed by atoms with E-state index in [0.717, 1.165) is 21.6 Å². The molecule has 190 valence electrons. The fraction of sp³-hybridized carbons (Fsp3) is 0.276. The van der Waals surface area contributed by atoms with Gasteiger partial charge in [-0.15, -0.1) is 0 Å². The van der Waals surface area contributed by atoms with E-state index < -0.39 is 23.5 Å². The molecule has 1 saturated heterocycles. The normalized spacial score (nSPS) is 20.9. The molecule has 0 spiro atoms. The Bertz CT molecular complexity index is 1340. The van der Waals surface area contributed by atoms with Crippen LogP contribution < -0.4 is 14.8 Å². The second kappa shape index (κ2) is 9.61. The minimum absolute atomic E-state index is 0.310. The monoisotopic (exact) mass is 499 g/mol. The third-order valence-electron chi connectivity index (χ3n) is 7.23. The molecule has 0 saturated carbocycles. The topological polar surface area (TPSA) is 88.2 Å². The summed E-state index contributed by atoms with van der Waals surface area (Å²) in [5.74, 6) is 0.448. The molecular formula is C29H29N3O5. The van der Waals surface area contributed by atoms with Crippen molar-refractivity contribution in [2.75, 3.05) is 27.3 Å². The van der Waals surface area contributed by atoms with E-state index in [1.807, 2.05) is 60.7 Å². The Hall–Kier alpha value is -4.33. The Balaban J connectivity index is 1.47. The molecule has 8 heteroatoms. The Labute approximate surface area is 215 Å². The summed E-state index contributed by atoms with van der Waals surface area (Å²) in [6.45, 7) is 1.75. The van der Waals surface area contributed by atoms with Crippen molar-refractivity contribution in [2.24, 2.45) is 0 Å².